The van der Waals surface area contributed by atoms with Crippen LogP contribution < -0.4 is 14.8 Å². The summed E-state index contributed by atoms with van der Waals surface area (Å²) in [5.41, 5.74) is 1.01. The maximum absolute atomic E-state index is 12.4. The topological polar surface area (TPSA) is 68.6 Å². The van der Waals surface area contributed by atoms with Crippen LogP contribution in [0.15, 0.2) is 30.6 Å². The van der Waals surface area contributed by atoms with E-state index in [0.717, 1.165) is 36.0 Å². The molecule has 7 heteroatoms. The molecule has 2 aromatic rings. The minimum Gasteiger partial charge on any atom is -0.486 e. The Bertz CT molecular complexity index is 773. The van der Waals surface area contributed by atoms with Crippen molar-refractivity contribution in [2.75, 3.05) is 26.3 Å². The van der Waals surface area contributed by atoms with Gasteiger partial charge in [-0.15, -0.1) is 0 Å². The lowest BCUT2D eigenvalue weighted by molar-refractivity contribution is -0.123. The standard InChI is InChI=1S/C18H22N4O3/c1-13(14-2-3-15-16(10-14)25-9-8-24-15)20-18(23)12-21-6-7-22-5-4-19-17(22)11-21/h2-5,10,13H,6-9,11-12H2,1H3,(H,20,23)/t13-/m0/s1. The highest BCUT2D eigenvalue weighted by Gasteiger charge is 2.20. The lowest BCUT2D eigenvalue weighted by Gasteiger charge is -2.27. The van der Waals surface area contributed by atoms with E-state index in [0.29, 0.717) is 26.3 Å². The highest BCUT2D eigenvalue weighted by Crippen LogP contribution is 2.32. The third-order valence-corrected chi connectivity index (χ3v) is 4.63. The van der Waals surface area contributed by atoms with Gasteiger partial charge in [-0.3, -0.25) is 9.69 Å². The van der Waals surface area contributed by atoms with Crippen molar-refractivity contribution in [1.82, 2.24) is 19.8 Å². The van der Waals surface area contributed by atoms with E-state index in [-0.39, 0.29) is 11.9 Å². The SMILES string of the molecule is C[C@H](NC(=O)CN1CCn2ccnc2C1)c1ccc2c(c1)OCCO2. The molecular formula is C18H22N4O3. The Hall–Kier alpha value is -2.54. The molecule has 2 aliphatic heterocycles. The largest absolute Gasteiger partial charge is 0.486 e. The third kappa shape index (κ3) is 3.46. The van der Waals surface area contributed by atoms with Crippen molar-refractivity contribution in [2.45, 2.75) is 26.1 Å². The molecule has 1 atom stereocenters. The van der Waals surface area contributed by atoms with Gasteiger partial charge in [-0.05, 0) is 24.6 Å². The number of hydrogen-bond acceptors (Lipinski definition) is 5. The van der Waals surface area contributed by atoms with Gasteiger partial charge in [-0.25, -0.2) is 4.98 Å². The number of rotatable bonds is 4. The molecule has 0 spiro atoms. The molecule has 2 aliphatic rings. The van der Waals surface area contributed by atoms with Crippen molar-refractivity contribution >= 4 is 5.91 Å². The number of amides is 1. The number of nitrogens with one attached hydrogen (secondary N) is 1. The number of imidazole rings is 1. The van der Waals surface area contributed by atoms with Gasteiger partial charge in [-0.2, -0.15) is 0 Å². The first-order chi connectivity index (χ1) is 12.2. The van der Waals surface area contributed by atoms with E-state index in [9.17, 15) is 4.79 Å². The van der Waals surface area contributed by atoms with Gasteiger partial charge in [0.2, 0.25) is 5.91 Å². The van der Waals surface area contributed by atoms with Crippen molar-refractivity contribution in [3.05, 3.63) is 42.0 Å². The molecular weight excluding hydrogens is 320 g/mol. The van der Waals surface area contributed by atoms with E-state index in [1.807, 2.05) is 37.5 Å². The van der Waals surface area contributed by atoms with Crippen LogP contribution in [-0.4, -0.2) is 46.7 Å². The van der Waals surface area contributed by atoms with Gasteiger partial charge in [0.25, 0.3) is 0 Å². The van der Waals surface area contributed by atoms with Gasteiger partial charge in [0.1, 0.15) is 19.0 Å². The van der Waals surface area contributed by atoms with Gasteiger partial charge < -0.3 is 19.4 Å². The highest BCUT2D eigenvalue weighted by molar-refractivity contribution is 5.78. The molecule has 0 aliphatic carbocycles. The molecule has 0 saturated carbocycles. The van der Waals surface area contributed by atoms with Crippen molar-refractivity contribution < 1.29 is 14.3 Å². The summed E-state index contributed by atoms with van der Waals surface area (Å²) >= 11 is 0. The Morgan fingerprint density at radius 2 is 2.12 bits per heavy atom. The summed E-state index contributed by atoms with van der Waals surface area (Å²) < 4.78 is 13.3. The Balaban J connectivity index is 1.34. The zero-order valence-corrected chi connectivity index (χ0v) is 14.3. The fourth-order valence-electron chi connectivity index (χ4n) is 3.26. The van der Waals surface area contributed by atoms with E-state index < -0.39 is 0 Å². The van der Waals surface area contributed by atoms with Crippen molar-refractivity contribution in [3.8, 4) is 11.5 Å². The fraction of sp³-hybridized carbons (Fsp3) is 0.444. The van der Waals surface area contributed by atoms with Crippen LogP contribution in [0.5, 0.6) is 11.5 Å². The van der Waals surface area contributed by atoms with Gasteiger partial charge in [0.05, 0.1) is 19.1 Å². The molecule has 0 bridgehead atoms. The normalized spacial score (nSPS) is 17.6. The summed E-state index contributed by atoms with van der Waals surface area (Å²) in [6.45, 7) is 5.93. The van der Waals surface area contributed by atoms with Crippen LogP contribution in [0.2, 0.25) is 0 Å². The third-order valence-electron chi connectivity index (χ3n) is 4.63. The van der Waals surface area contributed by atoms with Crippen LogP contribution in [-0.2, 0) is 17.9 Å². The molecule has 0 saturated heterocycles. The van der Waals surface area contributed by atoms with Crippen LogP contribution in [0.3, 0.4) is 0 Å². The molecule has 7 nitrogen and oxygen atoms in total. The minimum atomic E-state index is -0.0879. The maximum Gasteiger partial charge on any atom is 0.234 e. The summed E-state index contributed by atoms with van der Waals surface area (Å²) in [5, 5.41) is 3.06. The second-order valence-electron chi connectivity index (χ2n) is 6.44. The van der Waals surface area contributed by atoms with E-state index in [1.54, 1.807) is 0 Å². The zero-order chi connectivity index (χ0) is 17.2. The first-order valence-corrected chi connectivity index (χ1v) is 8.60. The van der Waals surface area contributed by atoms with Crippen LogP contribution in [0.1, 0.15) is 24.4 Å². The van der Waals surface area contributed by atoms with Crippen molar-refractivity contribution in [3.63, 3.8) is 0 Å². The lowest BCUT2D eigenvalue weighted by atomic mass is 10.1. The number of benzene rings is 1. The van der Waals surface area contributed by atoms with E-state index in [1.165, 1.54) is 0 Å². The van der Waals surface area contributed by atoms with E-state index in [4.69, 9.17) is 9.47 Å². The maximum atomic E-state index is 12.4. The van der Waals surface area contributed by atoms with Gasteiger partial charge in [0, 0.05) is 25.5 Å². The van der Waals surface area contributed by atoms with E-state index >= 15 is 0 Å². The van der Waals surface area contributed by atoms with Crippen LogP contribution in [0.4, 0.5) is 0 Å². The summed E-state index contributed by atoms with van der Waals surface area (Å²) in [6, 6.07) is 5.72. The number of hydrogen-bond donors (Lipinski definition) is 1. The van der Waals surface area contributed by atoms with E-state index in [2.05, 4.69) is 19.8 Å². The summed E-state index contributed by atoms with van der Waals surface area (Å²) in [5.74, 6) is 2.53. The molecule has 1 aromatic carbocycles. The first-order valence-electron chi connectivity index (χ1n) is 8.60. The summed E-state index contributed by atoms with van der Waals surface area (Å²) in [7, 11) is 0. The Morgan fingerprint density at radius 3 is 3.00 bits per heavy atom. The van der Waals surface area contributed by atoms with Crippen LogP contribution >= 0.6 is 0 Å². The smallest absolute Gasteiger partial charge is 0.234 e. The second-order valence-corrected chi connectivity index (χ2v) is 6.44. The Kier molecular flexibility index (Phi) is 4.31. The molecule has 0 radical (unpaired) electrons. The number of carbonyl (C=O) groups excluding carboxylic acids is 1. The van der Waals surface area contributed by atoms with Gasteiger partial charge in [0.15, 0.2) is 11.5 Å². The summed E-state index contributed by atoms with van der Waals surface area (Å²) in [4.78, 5) is 18.8. The average Bonchev–Trinajstić information content (AvgIpc) is 3.09. The number of aromatic nitrogens is 2. The Morgan fingerprint density at radius 1 is 1.28 bits per heavy atom. The highest BCUT2D eigenvalue weighted by atomic mass is 16.6. The molecule has 4 rings (SSSR count). The number of carbonyl (C=O) groups is 1. The molecule has 1 aromatic heterocycles. The number of nitrogens with zero attached hydrogens (tertiary/aromatic N) is 3. The predicted molar refractivity (Wildman–Crippen MR) is 91.5 cm³/mol. The molecule has 132 valence electrons. The molecule has 25 heavy (non-hydrogen) atoms. The number of ether oxygens (including phenoxy) is 2. The van der Waals surface area contributed by atoms with Gasteiger partial charge >= 0.3 is 0 Å². The first kappa shape index (κ1) is 16.0. The number of fused-ring (bicyclic) bond motifs is 2. The quantitative estimate of drug-likeness (QED) is 0.908. The summed E-state index contributed by atoms with van der Waals surface area (Å²) in [6.07, 6.45) is 3.79. The average molecular weight is 342 g/mol. The fourth-order valence-corrected chi connectivity index (χ4v) is 3.26. The predicted octanol–water partition coefficient (Wildman–Crippen LogP) is 1.35. The lowest BCUT2D eigenvalue weighted by Crippen LogP contribution is -2.41. The van der Waals surface area contributed by atoms with Gasteiger partial charge in [-0.1, -0.05) is 6.07 Å². The molecule has 1 N–H and O–H groups in total. The monoisotopic (exact) mass is 342 g/mol. The van der Waals surface area contributed by atoms with Crippen LogP contribution in [0.25, 0.3) is 0 Å². The molecule has 3 heterocycles. The second kappa shape index (κ2) is 6.76. The molecule has 1 amide bonds. The minimum absolute atomic E-state index is 0.0161. The zero-order valence-electron chi connectivity index (χ0n) is 14.3. The Labute approximate surface area is 146 Å². The molecule has 0 fully saturated rings. The van der Waals surface area contributed by atoms with Crippen molar-refractivity contribution in [1.29, 1.82) is 0 Å². The molecule has 0 unspecified atom stereocenters. The van der Waals surface area contributed by atoms with Crippen molar-refractivity contribution in [2.24, 2.45) is 0 Å². The van der Waals surface area contributed by atoms with Crippen LogP contribution in [0, 0.1) is 0 Å².